The molecule has 0 saturated carbocycles. The molecule has 0 saturated heterocycles. The molecule has 9 heteroatoms. The average Bonchev–Trinajstić information content (AvgIpc) is 2.74. The second-order valence-corrected chi connectivity index (χ2v) is 4.07. The molecule has 0 spiro atoms. The number of nitrogens with zero attached hydrogens (tertiary/aromatic N) is 3. The summed E-state index contributed by atoms with van der Waals surface area (Å²) in [5.74, 6) is -0.159. The number of aromatic amines is 1. The molecular formula is C10H17N5O4. The van der Waals surface area contributed by atoms with Gasteiger partial charge in [-0.3, -0.25) is 5.10 Å². The zero-order chi connectivity index (χ0) is 14.4. The Morgan fingerprint density at radius 2 is 2.21 bits per heavy atom. The summed E-state index contributed by atoms with van der Waals surface area (Å²) in [5, 5.41) is 26.5. The van der Waals surface area contributed by atoms with E-state index in [1.165, 1.54) is 4.90 Å². The van der Waals surface area contributed by atoms with Crippen LogP contribution >= 0.6 is 0 Å². The number of amides is 2. The molecule has 9 nitrogen and oxygen atoms in total. The average molecular weight is 271 g/mol. The van der Waals surface area contributed by atoms with E-state index in [1.807, 2.05) is 0 Å². The highest BCUT2D eigenvalue weighted by Gasteiger charge is 2.15. The van der Waals surface area contributed by atoms with Gasteiger partial charge in [-0.15, -0.1) is 0 Å². The van der Waals surface area contributed by atoms with E-state index in [0.717, 1.165) is 0 Å². The fourth-order valence-electron chi connectivity index (χ4n) is 1.32. The Balaban J connectivity index is 2.31. The molecule has 0 aliphatic rings. The fourth-order valence-corrected chi connectivity index (χ4v) is 1.32. The maximum Gasteiger partial charge on any atom is 0.332 e. The van der Waals surface area contributed by atoms with Crippen molar-refractivity contribution in [2.45, 2.75) is 26.0 Å². The third-order valence-corrected chi connectivity index (χ3v) is 2.35. The molecule has 1 heterocycles. The van der Waals surface area contributed by atoms with Crippen LogP contribution in [0, 0.1) is 6.92 Å². The van der Waals surface area contributed by atoms with Gasteiger partial charge in [-0.05, 0) is 6.92 Å². The van der Waals surface area contributed by atoms with Crippen LogP contribution in [0.2, 0.25) is 0 Å². The van der Waals surface area contributed by atoms with Crippen LogP contribution in [0.15, 0.2) is 0 Å². The number of aliphatic hydroxyl groups is 1. The number of aliphatic carboxylic acids is 1. The summed E-state index contributed by atoms with van der Waals surface area (Å²) in [7, 11) is 1.56. The maximum absolute atomic E-state index is 11.6. The van der Waals surface area contributed by atoms with Crippen molar-refractivity contribution < 1.29 is 19.8 Å². The van der Waals surface area contributed by atoms with Crippen molar-refractivity contribution in [3.05, 3.63) is 11.6 Å². The van der Waals surface area contributed by atoms with Gasteiger partial charge in [-0.1, -0.05) is 0 Å². The number of aromatic nitrogens is 3. The van der Waals surface area contributed by atoms with E-state index < -0.39 is 12.1 Å². The van der Waals surface area contributed by atoms with E-state index >= 15 is 0 Å². The van der Waals surface area contributed by atoms with Crippen LogP contribution in [-0.2, 0) is 11.3 Å². The first kappa shape index (κ1) is 14.9. The first-order valence-electron chi connectivity index (χ1n) is 5.68. The number of hydrogen-bond acceptors (Lipinski definition) is 5. The van der Waals surface area contributed by atoms with Gasteiger partial charge in [-0.2, -0.15) is 5.10 Å². The van der Waals surface area contributed by atoms with Crippen molar-refractivity contribution in [1.29, 1.82) is 0 Å². The highest BCUT2D eigenvalue weighted by molar-refractivity contribution is 5.74. The minimum Gasteiger partial charge on any atom is -0.479 e. The lowest BCUT2D eigenvalue weighted by Gasteiger charge is -2.16. The molecule has 0 fully saturated rings. The molecular weight excluding hydrogens is 254 g/mol. The number of carboxylic acid groups (broad SMARTS) is 1. The number of hydrogen-bond donors (Lipinski definition) is 4. The van der Waals surface area contributed by atoms with Crippen LogP contribution in [-0.4, -0.2) is 62.0 Å². The van der Waals surface area contributed by atoms with Gasteiger partial charge in [0, 0.05) is 20.0 Å². The monoisotopic (exact) mass is 271 g/mol. The molecule has 4 N–H and O–H groups in total. The first-order chi connectivity index (χ1) is 8.90. The second-order valence-electron chi connectivity index (χ2n) is 4.07. The SMILES string of the molecule is Cc1nc(CN(C)C(=O)NCC[C@H](O)C(=O)O)n[nH]1. The fraction of sp³-hybridized carbons (Fsp3) is 0.600. The molecule has 106 valence electrons. The number of H-pyrrole nitrogens is 1. The summed E-state index contributed by atoms with van der Waals surface area (Å²) in [6, 6.07) is -0.389. The maximum atomic E-state index is 11.6. The number of aliphatic hydroxyl groups excluding tert-OH is 1. The summed E-state index contributed by atoms with van der Waals surface area (Å²) in [4.78, 5) is 27.4. The van der Waals surface area contributed by atoms with Gasteiger partial charge in [0.15, 0.2) is 11.9 Å². The van der Waals surface area contributed by atoms with E-state index in [1.54, 1.807) is 14.0 Å². The predicted molar refractivity (Wildman–Crippen MR) is 64.2 cm³/mol. The lowest BCUT2D eigenvalue weighted by molar-refractivity contribution is -0.146. The lowest BCUT2D eigenvalue weighted by atomic mass is 10.2. The number of carbonyl (C=O) groups excluding carboxylic acids is 1. The van der Waals surface area contributed by atoms with Gasteiger partial charge in [0.25, 0.3) is 0 Å². The molecule has 2 amide bonds. The van der Waals surface area contributed by atoms with E-state index in [9.17, 15) is 9.59 Å². The van der Waals surface area contributed by atoms with E-state index in [4.69, 9.17) is 10.2 Å². The third kappa shape index (κ3) is 4.92. The van der Waals surface area contributed by atoms with Crippen molar-refractivity contribution in [2.24, 2.45) is 0 Å². The molecule has 1 atom stereocenters. The number of nitrogens with one attached hydrogen (secondary N) is 2. The molecule has 0 unspecified atom stereocenters. The Bertz CT molecular complexity index is 447. The standard InChI is InChI=1S/C10H17N5O4/c1-6-12-8(14-13-6)5-15(2)10(19)11-4-3-7(16)9(17)18/h7,16H,3-5H2,1-2H3,(H,11,19)(H,17,18)(H,12,13,14)/t7-/m0/s1. The highest BCUT2D eigenvalue weighted by Crippen LogP contribution is 1.97. The summed E-state index contributed by atoms with van der Waals surface area (Å²) < 4.78 is 0. The summed E-state index contributed by atoms with van der Waals surface area (Å²) in [6.07, 6.45) is -1.52. The zero-order valence-electron chi connectivity index (χ0n) is 10.8. The number of carbonyl (C=O) groups is 2. The number of carboxylic acids is 1. The molecule has 1 aromatic rings. The van der Waals surface area contributed by atoms with Crippen LogP contribution in [0.25, 0.3) is 0 Å². The molecule has 0 radical (unpaired) electrons. The van der Waals surface area contributed by atoms with E-state index in [2.05, 4.69) is 20.5 Å². The van der Waals surface area contributed by atoms with Gasteiger partial charge in [0.05, 0.1) is 6.54 Å². The Morgan fingerprint density at radius 1 is 1.53 bits per heavy atom. The zero-order valence-corrected chi connectivity index (χ0v) is 10.8. The van der Waals surface area contributed by atoms with Gasteiger partial charge in [0.1, 0.15) is 5.82 Å². The Kier molecular flexibility index (Phi) is 5.24. The normalized spacial score (nSPS) is 11.9. The van der Waals surface area contributed by atoms with E-state index in [0.29, 0.717) is 11.6 Å². The molecule has 1 aromatic heterocycles. The number of urea groups is 1. The van der Waals surface area contributed by atoms with Crippen LogP contribution in [0.1, 0.15) is 18.1 Å². The minimum atomic E-state index is -1.47. The van der Waals surface area contributed by atoms with Crippen molar-refractivity contribution in [1.82, 2.24) is 25.4 Å². The molecule has 0 aliphatic heterocycles. The van der Waals surface area contributed by atoms with Crippen molar-refractivity contribution in [2.75, 3.05) is 13.6 Å². The highest BCUT2D eigenvalue weighted by atomic mass is 16.4. The molecule has 0 aliphatic carbocycles. The van der Waals surface area contributed by atoms with Crippen LogP contribution < -0.4 is 5.32 Å². The minimum absolute atomic E-state index is 0.0469. The quantitative estimate of drug-likeness (QED) is 0.529. The molecule has 19 heavy (non-hydrogen) atoms. The lowest BCUT2D eigenvalue weighted by Crippen LogP contribution is -2.39. The molecule has 0 bridgehead atoms. The van der Waals surface area contributed by atoms with Gasteiger partial charge >= 0.3 is 12.0 Å². The smallest absolute Gasteiger partial charge is 0.332 e. The first-order valence-corrected chi connectivity index (χ1v) is 5.68. The predicted octanol–water partition coefficient (Wildman–Crippen LogP) is -0.910. The van der Waals surface area contributed by atoms with E-state index in [-0.39, 0.29) is 25.5 Å². The van der Waals surface area contributed by atoms with Crippen LogP contribution in [0.5, 0.6) is 0 Å². The molecule has 0 aromatic carbocycles. The summed E-state index contributed by atoms with van der Waals surface area (Å²) in [6.45, 7) is 2.06. The largest absolute Gasteiger partial charge is 0.479 e. The second kappa shape index (κ2) is 6.69. The van der Waals surface area contributed by atoms with Crippen molar-refractivity contribution in [3.63, 3.8) is 0 Å². The Morgan fingerprint density at radius 3 is 2.74 bits per heavy atom. The van der Waals surface area contributed by atoms with Crippen molar-refractivity contribution in [3.8, 4) is 0 Å². The Labute approximate surface area is 109 Å². The third-order valence-electron chi connectivity index (χ3n) is 2.35. The van der Waals surface area contributed by atoms with Gasteiger partial charge < -0.3 is 20.4 Å². The molecule has 1 rings (SSSR count). The van der Waals surface area contributed by atoms with Crippen LogP contribution in [0.3, 0.4) is 0 Å². The number of aryl methyl sites for hydroxylation is 1. The van der Waals surface area contributed by atoms with Crippen molar-refractivity contribution >= 4 is 12.0 Å². The summed E-state index contributed by atoms with van der Waals surface area (Å²) >= 11 is 0. The Hall–Kier alpha value is -2.16. The van der Waals surface area contributed by atoms with Gasteiger partial charge in [0.2, 0.25) is 0 Å². The topological polar surface area (TPSA) is 131 Å². The van der Waals surface area contributed by atoms with Gasteiger partial charge in [-0.25, -0.2) is 14.6 Å². The summed E-state index contributed by atoms with van der Waals surface area (Å²) in [5.41, 5.74) is 0. The number of rotatable bonds is 6. The van der Waals surface area contributed by atoms with Crippen LogP contribution in [0.4, 0.5) is 4.79 Å².